The van der Waals surface area contributed by atoms with Crippen LogP contribution in [0.25, 0.3) is 22.3 Å². The number of fused-ring (bicyclic) bond motifs is 1. The molecule has 0 spiro atoms. The molecule has 0 fully saturated rings. The summed E-state index contributed by atoms with van der Waals surface area (Å²) < 4.78 is 12.5. The molecule has 1 aliphatic carbocycles. The molecular formula is C44H45ClN4O5. The number of carboxylic acid groups (broad SMARTS) is 1. The first-order chi connectivity index (χ1) is 26.0. The normalized spacial score (nSPS) is 15.0. The van der Waals surface area contributed by atoms with Gasteiger partial charge in [0.25, 0.3) is 0 Å². The molecule has 1 aliphatic rings. The number of nitrogens with two attached hydrogens (primary N) is 1. The van der Waals surface area contributed by atoms with Gasteiger partial charge < -0.3 is 25.4 Å². The Morgan fingerprint density at radius 3 is 2.46 bits per heavy atom. The molecule has 5 N–H and O–H groups in total. The first-order valence-electron chi connectivity index (χ1n) is 18.1. The number of nitrogens with zero attached hydrogens (tertiary/aromatic N) is 2. The molecule has 5 aromatic rings. The van der Waals surface area contributed by atoms with Crippen molar-refractivity contribution in [1.29, 1.82) is 5.26 Å². The third-order valence-corrected chi connectivity index (χ3v) is 10.7. The molecule has 0 radical (unpaired) electrons. The summed E-state index contributed by atoms with van der Waals surface area (Å²) in [4.78, 5) is 16.0. The summed E-state index contributed by atoms with van der Waals surface area (Å²) in [6.45, 7) is 5.39. The van der Waals surface area contributed by atoms with Crippen LogP contribution in [0.3, 0.4) is 0 Å². The molecule has 6 rings (SSSR count). The quantitative estimate of drug-likeness (QED) is 0.0872. The van der Waals surface area contributed by atoms with Crippen molar-refractivity contribution in [3.63, 3.8) is 0 Å². The Balaban J connectivity index is 1.26. The van der Waals surface area contributed by atoms with Crippen molar-refractivity contribution in [2.45, 2.75) is 77.8 Å². The fourth-order valence-corrected chi connectivity index (χ4v) is 7.18. The van der Waals surface area contributed by atoms with Gasteiger partial charge in [-0.05, 0) is 108 Å². The molecule has 0 aliphatic heterocycles. The average molecular weight is 745 g/mol. The number of nitrogens with one attached hydrogen (secondary N) is 1. The van der Waals surface area contributed by atoms with E-state index in [-0.39, 0.29) is 25.8 Å². The Morgan fingerprint density at radius 1 is 0.963 bits per heavy atom. The van der Waals surface area contributed by atoms with E-state index < -0.39 is 18.1 Å². The van der Waals surface area contributed by atoms with Crippen molar-refractivity contribution < 1.29 is 24.5 Å². The summed E-state index contributed by atoms with van der Waals surface area (Å²) >= 11 is 6.77. The van der Waals surface area contributed by atoms with Gasteiger partial charge in [0.1, 0.15) is 36.3 Å². The van der Waals surface area contributed by atoms with Gasteiger partial charge in [-0.2, -0.15) is 5.26 Å². The molecule has 1 aromatic heterocycles. The average Bonchev–Trinajstić information content (AvgIpc) is 3.37. The molecule has 0 saturated carbocycles. The minimum Gasteiger partial charge on any atom is -0.488 e. The number of aliphatic hydroxyl groups excluding tert-OH is 1. The Hall–Kier alpha value is -5.24. The second kappa shape index (κ2) is 16.8. The smallest absolute Gasteiger partial charge is 0.326 e. The third kappa shape index (κ3) is 8.43. The number of nitriles is 1. The molecule has 0 saturated heterocycles. The van der Waals surface area contributed by atoms with E-state index in [4.69, 9.17) is 26.8 Å². The molecule has 9 nitrogen and oxygen atoms in total. The van der Waals surface area contributed by atoms with E-state index in [2.05, 4.69) is 72.7 Å². The number of aliphatic carboxylic acids is 1. The van der Waals surface area contributed by atoms with Crippen LogP contribution in [-0.4, -0.2) is 33.3 Å². The number of hydrogen-bond acceptors (Lipinski definition) is 8. The lowest BCUT2D eigenvalue weighted by Crippen LogP contribution is -2.52. The number of aliphatic hydroxyl groups is 1. The maximum absolute atomic E-state index is 11.8. The van der Waals surface area contributed by atoms with Gasteiger partial charge >= 0.3 is 5.97 Å². The van der Waals surface area contributed by atoms with E-state index in [1.807, 2.05) is 12.1 Å². The molecule has 2 atom stereocenters. The number of halogens is 1. The summed E-state index contributed by atoms with van der Waals surface area (Å²) in [6.07, 6.45) is 7.49. The van der Waals surface area contributed by atoms with Crippen LogP contribution in [0.2, 0.25) is 5.02 Å². The standard InChI is InChI=1S/C44H45ClN4O5/c1-27-33(9-6-11-36(27)37-12-7-10-35(28(37)2)32-15-14-31-8-4-5-13-40(47)38(31)17-32)25-54-42-19-41(53-24-30-16-29(20-46)21-48-22-30)34(18-39(42)45)23-49-44(3,26-50)43(51)52/h6-7,9-12,14-19,21-22,40,49-50H,4-5,8,13,23-26,47H2,1-3H3,(H,51,52)/t40?,44-/m0/s1. The minimum atomic E-state index is -1.59. The van der Waals surface area contributed by atoms with Gasteiger partial charge in [-0.15, -0.1) is 0 Å². The number of aromatic nitrogens is 1. The van der Waals surface area contributed by atoms with E-state index in [0.717, 1.165) is 41.5 Å². The number of carbonyl (C=O) groups is 1. The number of hydrogen-bond donors (Lipinski definition) is 4. The number of ether oxygens (including phenoxy) is 2. The summed E-state index contributed by atoms with van der Waals surface area (Å²) in [5.74, 6) is -0.422. The fraction of sp³-hybridized carbons (Fsp3) is 0.295. The Kier molecular flexibility index (Phi) is 12.0. The van der Waals surface area contributed by atoms with Crippen molar-refractivity contribution in [3.8, 4) is 39.8 Å². The van der Waals surface area contributed by atoms with E-state index in [1.165, 1.54) is 47.4 Å². The first-order valence-corrected chi connectivity index (χ1v) is 18.5. The molecule has 278 valence electrons. The molecule has 10 heteroatoms. The highest BCUT2D eigenvalue weighted by Crippen LogP contribution is 2.38. The van der Waals surface area contributed by atoms with E-state index in [1.54, 1.807) is 24.4 Å². The Labute approximate surface area is 321 Å². The van der Waals surface area contributed by atoms with Gasteiger partial charge in [0.15, 0.2) is 0 Å². The maximum atomic E-state index is 11.8. The van der Waals surface area contributed by atoms with Gasteiger partial charge in [0, 0.05) is 42.2 Å². The van der Waals surface area contributed by atoms with Crippen LogP contribution in [0.5, 0.6) is 11.5 Å². The van der Waals surface area contributed by atoms with Crippen LogP contribution in [-0.2, 0) is 31.0 Å². The topological polar surface area (TPSA) is 151 Å². The van der Waals surface area contributed by atoms with Gasteiger partial charge in [0.2, 0.25) is 0 Å². The highest BCUT2D eigenvalue weighted by Gasteiger charge is 2.32. The van der Waals surface area contributed by atoms with Crippen molar-refractivity contribution in [3.05, 3.63) is 135 Å². The van der Waals surface area contributed by atoms with Crippen LogP contribution in [0.4, 0.5) is 0 Å². The second-order valence-electron chi connectivity index (χ2n) is 14.1. The number of aryl methyl sites for hydroxylation is 1. The molecule has 54 heavy (non-hydrogen) atoms. The lowest BCUT2D eigenvalue weighted by Gasteiger charge is -2.25. The monoisotopic (exact) mass is 744 g/mol. The molecule has 0 amide bonds. The molecular weight excluding hydrogens is 700 g/mol. The van der Waals surface area contributed by atoms with Gasteiger partial charge in [-0.1, -0.05) is 66.6 Å². The van der Waals surface area contributed by atoms with Gasteiger partial charge in [-0.3, -0.25) is 15.1 Å². The second-order valence-corrected chi connectivity index (χ2v) is 14.6. The van der Waals surface area contributed by atoms with Crippen molar-refractivity contribution in [2.75, 3.05) is 6.61 Å². The number of carboxylic acids is 1. The maximum Gasteiger partial charge on any atom is 0.326 e. The fourth-order valence-electron chi connectivity index (χ4n) is 6.94. The van der Waals surface area contributed by atoms with Crippen LogP contribution in [0.15, 0.2) is 85.2 Å². The Bertz CT molecular complexity index is 2220. The number of pyridine rings is 1. The summed E-state index contributed by atoms with van der Waals surface area (Å²) in [7, 11) is 0. The lowest BCUT2D eigenvalue weighted by atomic mass is 9.88. The predicted octanol–water partition coefficient (Wildman–Crippen LogP) is 8.37. The van der Waals surface area contributed by atoms with E-state index >= 15 is 0 Å². The summed E-state index contributed by atoms with van der Waals surface area (Å²) in [5, 5.41) is 32.0. The summed E-state index contributed by atoms with van der Waals surface area (Å²) in [6, 6.07) is 26.6. The zero-order chi connectivity index (χ0) is 38.4. The first kappa shape index (κ1) is 38.5. The highest BCUT2D eigenvalue weighted by atomic mass is 35.5. The van der Waals surface area contributed by atoms with Crippen molar-refractivity contribution in [1.82, 2.24) is 10.3 Å². The van der Waals surface area contributed by atoms with E-state index in [0.29, 0.717) is 33.2 Å². The van der Waals surface area contributed by atoms with Crippen molar-refractivity contribution >= 4 is 17.6 Å². The van der Waals surface area contributed by atoms with Crippen LogP contribution >= 0.6 is 11.6 Å². The molecule has 0 bridgehead atoms. The van der Waals surface area contributed by atoms with Crippen LogP contribution < -0.4 is 20.5 Å². The third-order valence-electron chi connectivity index (χ3n) is 10.4. The van der Waals surface area contributed by atoms with Gasteiger partial charge in [-0.25, -0.2) is 0 Å². The summed E-state index contributed by atoms with van der Waals surface area (Å²) in [5.41, 5.74) is 17.1. The minimum absolute atomic E-state index is 0.0347. The highest BCUT2D eigenvalue weighted by molar-refractivity contribution is 6.32. The lowest BCUT2D eigenvalue weighted by molar-refractivity contribution is -0.145. The van der Waals surface area contributed by atoms with Crippen LogP contribution in [0, 0.1) is 25.2 Å². The number of rotatable bonds is 13. The van der Waals surface area contributed by atoms with Gasteiger partial charge in [0.05, 0.1) is 17.2 Å². The largest absolute Gasteiger partial charge is 0.488 e. The van der Waals surface area contributed by atoms with Crippen molar-refractivity contribution in [2.24, 2.45) is 5.73 Å². The zero-order valence-corrected chi connectivity index (χ0v) is 31.5. The predicted molar refractivity (Wildman–Crippen MR) is 210 cm³/mol. The van der Waals surface area contributed by atoms with Crippen LogP contribution in [0.1, 0.15) is 76.7 Å². The zero-order valence-electron chi connectivity index (χ0n) is 30.8. The molecule has 4 aromatic carbocycles. The van der Waals surface area contributed by atoms with E-state index in [9.17, 15) is 20.3 Å². The SMILES string of the molecule is Cc1c(COc2cc(OCc3cncc(C#N)c3)c(CN[C@@](C)(CO)C(=O)O)cc2Cl)cccc1-c1cccc(-c2ccc3c(c2)C(N)CCCC3)c1C. The number of benzene rings is 4. The molecule has 1 unspecified atom stereocenters. The Morgan fingerprint density at radius 2 is 1.70 bits per heavy atom. The molecule has 1 heterocycles.